The molecular weight excluding hydrogens is 495 g/mol. The lowest BCUT2D eigenvalue weighted by atomic mass is 10.0. The van der Waals surface area contributed by atoms with Crippen molar-refractivity contribution in [1.29, 1.82) is 5.26 Å². The van der Waals surface area contributed by atoms with Crippen LogP contribution in [-0.4, -0.2) is 59.7 Å². The number of benzene rings is 1. The van der Waals surface area contributed by atoms with E-state index in [2.05, 4.69) is 15.6 Å². The Labute approximate surface area is 211 Å². The lowest BCUT2D eigenvalue weighted by molar-refractivity contribution is -0.137. The van der Waals surface area contributed by atoms with Crippen LogP contribution in [0.4, 0.5) is 35.2 Å². The van der Waals surface area contributed by atoms with Gasteiger partial charge < -0.3 is 15.1 Å². The number of likely N-dealkylation sites (N-methyl/N-ethyl adjacent to an activating group) is 1. The molecule has 9 nitrogen and oxygen atoms in total. The molecule has 3 rings (SSSR count). The first-order valence-corrected chi connectivity index (χ1v) is 11.1. The first kappa shape index (κ1) is 26.8. The summed E-state index contributed by atoms with van der Waals surface area (Å²) in [5.41, 5.74) is -2.66. The smallest absolute Gasteiger partial charge is 0.337 e. The highest BCUT2D eigenvalue weighted by Gasteiger charge is 2.50. The minimum atomic E-state index is -4.79. The van der Waals surface area contributed by atoms with E-state index in [1.165, 1.54) is 29.3 Å². The van der Waals surface area contributed by atoms with Gasteiger partial charge in [0.1, 0.15) is 11.4 Å². The van der Waals surface area contributed by atoms with E-state index in [1.807, 2.05) is 19.0 Å². The Kier molecular flexibility index (Phi) is 7.51. The first-order valence-electron chi connectivity index (χ1n) is 10.7. The van der Waals surface area contributed by atoms with Gasteiger partial charge in [0, 0.05) is 13.1 Å². The number of nitriles is 1. The van der Waals surface area contributed by atoms with Crippen LogP contribution >= 0.6 is 12.2 Å². The monoisotopic (exact) mass is 519 g/mol. The van der Waals surface area contributed by atoms with Crippen LogP contribution in [0.25, 0.3) is 0 Å². The van der Waals surface area contributed by atoms with Crippen LogP contribution in [0, 0.1) is 11.3 Å². The summed E-state index contributed by atoms with van der Waals surface area (Å²) in [4.78, 5) is 33.9. The van der Waals surface area contributed by atoms with Gasteiger partial charge in [-0.1, -0.05) is 0 Å². The summed E-state index contributed by atoms with van der Waals surface area (Å²) < 4.78 is 40.4. The van der Waals surface area contributed by atoms with Crippen molar-refractivity contribution in [3.63, 3.8) is 0 Å². The molecule has 13 heteroatoms. The number of hydrogen-bond donors (Lipinski definition) is 2. The van der Waals surface area contributed by atoms with Crippen molar-refractivity contribution in [2.24, 2.45) is 0 Å². The minimum absolute atomic E-state index is 0.0493. The molecule has 0 radical (unpaired) electrons. The fraction of sp³-hybridized carbons (Fsp3) is 0.348. The average Bonchev–Trinajstić information content (AvgIpc) is 2.97. The van der Waals surface area contributed by atoms with Crippen molar-refractivity contribution >= 4 is 46.5 Å². The Morgan fingerprint density at radius 2 is 1.89 bits per heavy atom. The van der Waals surface area contributed by atoms with Crippen LogP contribution in [0.15, 0.2) is 36.5 Å². The molecule has 0 saturated carbocycles. The number of urea groups is 1. The van der Waals surface area contributed by atoms with Gasteiger partial charge in [-0.25, -0.2) is 9.78 Å². The molecule has 2 heterocycles. The number of rotatable bonds is 6. The molecule has 0 unspecified atom stereocenters. The Bertz CT molecular complexity index is 1220. The summed E-state index contributed by atoms with van der Waals surface area (Å²) in [6, 6.07) is 7.19. The van der Waals surface area contributed by atoms with E-state index in [0.29, 0.717) is 18.8 Å². The van der Waals surface area contributed by atoms with E-state index in [4.69, 9.17) is 17.5 Å². The predicted molar refractivity (Wildman–Crippen MR) is 133 cm³/mol. The van der Waals surface area contributed by atoms with E-state index in [-0.39, 0.29) is 16.6 Å². The third-order valence-corrected chi connectivity index (χ3v) is 5.81. The number of alkyl halides is 3. The number of hydrogen-bond acceptors (Lipinski definition) is 6. The maximum Gasteiger partial charge on any atom is 0.417 e. The standard InChI is InChI=1S/C23H24F3N7O2S/c1-22(2)19(34)32(15-6-5-14(12-27)17(11-15)23(24,25)26)21(36)33(22)16-7-8-18(29-13-16)30-20(35)28-9-10-31(3)4/h5-8,11,13H,9-10H2,1-4H3,(H2,28,29,30,35). The number of nitrogens with one attached hydrogen (secondary N) is 2. The molecule has 0 spiro atoms. The molecule has 2 N–H and O–H groups in total. The summed E-state index contributed by atoms with van der Waals surface area (Å²) >= 11 is 5.49. The van der Waals surface area contributed by atoms with Gasteiger partial charge in [-0.05, 0) is 70.5 Å². The summed E-state index contributed by atoms with van der Waals surface area (Å²) in [6.45, 7) is 4.27. The van der Waals surface area contributed by atoms with Crippen LogP contribution < -0.4 is 20.4 Å². The lowest BCUT2D eigenvalue weighted by Crippen LogP contribution is -2.44. The van der Waals surface area contributed by atoms with Crippen molar-refractivity contribution in [2.75, 3.05) is 42.3 Å². The van der Waals surface area contributed by atoms with Gasteiger partial charge in [-0.2, -0.15) is 18.4 Å². The number of nitrogens with zero attached hydrogens (tertiary/aromatic N) is 5. The van der Waals surface area contributed by atoms with Gasteiger partial charge in [0.25, 0.3) is 5.91 Å². The fourth-order valence-corrected chi connectivity index (χ4v) is 4.13. The zero-order chi connectivity index (χ0) is 26.8. The number of halogens is 3. The SMILES string of the molecule is CN(C)CCNC(=O)Nc1ccc(N2C(=S)N(c3ccc(C#N)c(C(F)(F)F)c3)C(=O)C2(C)C)cn1. The topological polar surface area (TPSA) is 105 Å². The molecule has 2 aromatic rings. The highest BCUT2D eigenvalue weighted by molar-refractivity contribution is 7.81. The number of pyridine rings is 1. The number of anilines is 3. The van der Waals surface area contributed by atoms with Crippen LogP contribution in [0.3, 0.4) is 0 Å². The van der Waals surface area contributed by atoms with Gasteiger partial charge in [0.2, 0.25) is 0 Å². The molecule has 1 saturated heterocycles. The largest absolute Gasteiger partial charge is 0.417 e. The zero-order valence-electron chi connectivity index (χ0n) is 20.0. The highest BCUT2D eigenvalue weighted by Crippen LogP contribution is 2.39. The number of carbonyl (C=O) groups is 2. The number of amides is 3. The second kappa shape index (κ2) is 10.1. The number of carbonyl (C=O) groups excluding carboxylic acids is 2. The van der Waals surface area contributed by atoms with E-state index in [9.17, 15) is 22.8 Å². The Hall–Kier alpha value is -3.76. The maximum atomic E-state index is 13.5. The second-order valence-corrected chi connectivity index (χ2v) is 9.11. The van der Waals surface area contributed by atoms with Crippen molar-refractivity contribution < 1.29 is 22.8 Å². The molecule has 1 aliphatic heterocycles. The summed E-state index contributed by atoms with van der Waals surface area (Å²) in [5.74, 6) is -0.290. The molecule has 1 aromatic carbocycles. The van der Waals surface area contributed by atoms with E-state index < -0.39 is 34.8 Å². The normalized spacial score (nSPS) is 15.3. The zero-order valence-corrected chi connectivity index (χ0v) is 20.8. The van der Waals surface area contributed by atoms with Crippen molar-refractivity contribution in [3.05, 3.63) is 47.7 Å². The Morgan fingerprint density at radius 3 is 2.44 bits per heavy atom. The summed E-state index contributed by atoms with van der Waals surface area (Å²) in [5, 5.41) is 14.3. The average molecular weight is 520 g/mol. The van der Waals surface area contributed by atoms with Crippen LogP contribution in [0.2, 0.25) is 0 Å². The predicted octanol–water partition coefficient (Wildman–Crippen LogP) is 3.57. The molecule has 0 bridgehead atoms. The minimum Gasteiger partial charge on any atom is -0.337 e. The second-order valence-electron chi connectivity index (χ2n) is 8.74. The van der Waals surface area contributed by atoms with Crippen LogP contribution in [0.1, 0.15) is 25.0 Å². The third kappa shape index (κ3) is 5.39. The first-order chi connectivity index (χ1) is 16.8. The van der Waals surface area contributed by atoms with Crippen LogP contribution in [-0.2, 0) is 11.0 Å². The van der Waals surface area contributed by atoms with Crippen molar-refractivity contribution in [3.8, 4) is 6.07 Å². The summed E-state index contributed by atoms with van der Waals surface area (Å²) in [7, 11) is 3.76. The quantitative estimate of drug-likeness (QED) is 0.563. The van der Waals surface area contributed by atoms with Gasteiger partial charge in [0.15, 0.2) is 5.11 Å². The molecule has 36 heavy (non-hydrogen) atoms. The van der Waals surface area contributed by atoms with E-state index in [0.717, 1.165) is 17.0 Å². The van der Waals surface area contributed by atoms with E-state index in [1.54, 1.807) is 19.9 Å². The molecular formula is C23H24F3N7O2S. The number of thiocarbonyl (C=S) groups is 1. The van der Waals surface area contributed by atoms with Crippen LogP contribution in [0.5, 0.6) is 0 Å². The van der Waals surface area contributed by atoms with Gasteiger partial charge in [-0.15, -0.1) is 0 Å². The van der Waals surface area contributed by atoms with Gasteiger partial charge >= 0.3 is 12.2 Å². The van der Waals surface area contributed by atoms with Gasteiger partial charge in [-0.3, -0.25) is 15.0 Å². The fourth-order valence-electron chi connectivity index (χ4n) is 3.61. The Morgan fingerprint density at radius 1 is 1.22 bits per heavy atom. The lowest BCUT2D eigenvalue weighted by Gasteiger charge is -2.29. The summed E-state index contributed by atoms with van der Waals surface area (Å²) in [6.07, 6.45) is -3.38. The molecule has 0 atom stereocenters. The van der Waals surface area contributed by atoms with Crippen molar-refractivity contribution in [2.45, 2.75) is 25.6 Å². The van der Waals surface area contributed by atoms with Crippen molar-refractivity contribution in [1.82, 2.24) is 15.2 Å². The molecule has 1 aromatic heterocycles. The third-order valence-electron chi connectivity index (χ3n) is 5.45. The van der Waals surface area contributed by atoms with Gasteiger partial charge in [0.05, 0.1) is 34.8 Å². The molecule has 3 amide bonds. The molecule has 1 fully saturated rings. The Balaban J connectivity index is 1.85. The van der Waals surface area contributed by atoms with E-state index >= 15 is 0 Å². The molecule has 0 aliphatic carbocycles. The maximum absolute atomic E-state index is 13.5. The highest BCUT2D eigenvalue weighted by atomic mass is 32.1. The molecule has 190 valence electrons. The number of aromatic nitrogens is 1. The molecule has 1 aliphatic rings.